The van der Waals surface area contributed by atoms with Crippen LogP contribution in [-0.4, -0.2) is 133 Å². The summed E-state index contributed by atoms with van der Waals surface area (Å²) >= 11 is 0. The van der Waals surface area contributed by atoms with Crippen LogP contribution in [0, 0.1) is 20.2 Å². The third-order valence-corrected chi connectivity index (χ3v) is 11.5. The Morgan fingerprint density at radius 3 is 2.08 bits per heavy atom. The predicted molar refractivity (Wildman–Crippen MR) is 274 cm³/mol. The number of carboxylic acid groups (broad SMARTS) is 1. The largest absolute Gasteiger partial charge is 0.481 e. The third kappa shape index (κ3) is 24.8. The van der Waals surface area contributed by atoms with E-state index in [1.54, 1.807) is 0 Å². The molecular formula is C51H68N8O15. The smallest absolute Gasteiger partial charge is 0.303 e. The summed E-state index contributed by atoms with van der Waals surface area (Å²) in [4.78, 5) is 113. The van der Waals surface area contributed by atoms with Crippen LogP contribution in [0.25, 0.3) is 10.8 Å². The number of carbonyl (C=O) groups is 7. The molecule has 3 rings (SSSR count). The Morgan fingerprint density at radius 2 is 1.36 bits per heavy atom. The molecule has 4 amide bonds. The lowest BCUT2D eigenvalue weighted by atomic mass is 10.0. The normalized spacial score (nSPS) is 12.1. The maximum atomic E-state index is 13.5. The fraction of sp³-hybridized carbons (Fsp3) is 0.510. The Balaban J connectivity index is 1.41. The monoisotopic (exact) mass is 1030 g/mol. The molecule has 3 atom stereocenters. The Kier molecular flexibility index (Phi) is 28.6. The lowest BCUT2D eigenvalue weighted by Gasteiger charge is -2.19. The number of Topliss-reactive ketones (excluding diaryl/α,β-unsaturated/α-hetero) is 2. The summed E-state index contributed by atoms with van der Waals surface area (Å²) < 4.78 is 16.3. The summed E-state index contributed by atoms with van der Waals surface area (Å²) in [6.07, 6.45) is 3.14. The average Bonchev–Trinajstić information content (AvgIpc) is 3.36. The van der Waals surface area contributed by atoms with Gasteiger partial charge in [-0.15, -0.1) is 0 Å². The number of hydrogen-bond acceptors (Lipinski definition) is 16. The van der Waals surface area contributed by atoms with Crippen LogP contribution in [0.4, 0.5) is 17.1 Å². The topological polar surface area (TPSA) is 340 Å². The van der Waals surface area contributed by atoms with Gasteiger partial charge in [-0.2, -0.15) is 0 Å². The number of nitrogens with two attached hydrogens (primary N) is 1. The van der Waals surface area contributed by atoms with Crippen molar-refractivity contribution < 1.29 is 62.7 Å². The number of hydrogen-bond donors (Lipinski definition) is 6. The molecule has 0 fully saturated rings. The van der Waals surface area contributed by atoms with E-state index in [1.165, 1.54) is 0 Å². The van der Waals surface area contributed by atoms with E-state index in [0.29, 0.717) is 77.9 Å². The van der Waals surface area contributed by atoms with Crippen molar-refractivity contribution in [3.8, 4) is 0 Å². The minimum absolute atomic E-state index is 0.0199. The zero-order chi connectivity index (χ0) is 54.1. The minimum Gasteiger partial charge on any atom is -0.481 e. The average molecular weight is 1030 g/mol. The SMILES string of the molecule is C=C=NCCOCCOCCC(=O)CCCCCC(NC(=O)Cc1ccc2ccccc2c1)C(=O)NCCCCC(NC(=O)CCOCCCC(=O)C(CCC(=O)O)Nc1ccc([N+](=O)[O-])cc1[N+](=O)[O-])C(N)=O. The number of nitrogens with one attached hydrogen (secondary N) is 4. The molecule has 0 heterocycles. The van der Waals surface area contributed by atoms with Crippen molar-refractivity contribution in [2.24, 2.45) is 10.7 Å². The Labute approximate surface area is 428 Å². The van der Waals surface area contributed by atoms with Crippen LogP contribution in [0.5, 0.6) is 0 Å². The van der Waals surface area contributed by atoms with Gasteiger partial charge in [0.25, 0.3) is 11.4 Å². The first-order valence-electron chi connectivity index (χ1n) is 24.6. The number of unbranched alkanes of at least 4 members (excludes halogenated alkanes) is 3. The maximum Gasteiger partial charge on any atom is 0.303 e. The van der Waals surface area contributed by atoms with E-state index in [-0.39, 0.29) is 88.0 Å². The van der Waals surface area contributed by atoms with Crippen LogP contribution in [-0.2, 0) is 54.2 Å². The van der Waals surface area contributed by atoms with Gasteiger partial charge in [0.1, 0.15) is 23.6 Å². The van der Waals surface area contributed by atoms with Crippen molar-refractivity contribution in [2.45, 2.75) is 114 Å². The van der Waals surface area contributed by atoms with Crippen molar-refractivity contribution in [1.29, 1.82) is 0 Å². The first kappa shape index (κ1) is 60.8. The lowest BCUT2D eigenvalue weighted by Crippen LogP contribution is -2.47. The number of aliphatic imine (C=N–C) groups is 1. The van der Waals surface area contributed by atoms with Crippen molar-refractivity contribution in [1.82, 2.24) is 16.0 Å². The number of rotatable bonds is 41. The lowest BCUT2D eigenvalue weighted by molar-refractivity contribution is -0.393. The second-order valence-electron chi connectivity index (χ2n) is 17.2. The Bertz CT molecular complexity index is 2410. The number of nitrogens with zero attached hydrogens (tertiary/aromatic N) is 3. The number of carbonyl (C=O) groups excluding carboxylic acids is 6. The van der Waals surface area contributed by atoms with E-state index < -0.39 is 69.3 Å². The first-order chi connectivity index (χ1) is 35.6. The van der Waals surface area contributed by atoms with Crippen molar-refractivity contribution in [3.05, 3.63) is 93.0 Å². The minimum atomic E-state index is -1.21. The van der Waals surface area contributed by atoms with Gasteiger partial charge < -0.3 is 46.3 Å². The molecule has 3 unspecified atom stereocenters. The Morgan fingerprint density at radius 1 is 0.676 bits per heavy atom. The van der Waals surface area contributed by atoms with Crippen LogP contribution in [0.2, 0.25) is 0 Å². The number of aliphatic carboxylic acids is 1. The number of nitro benzene ring substituents is 2. The molecule has 0 aliphatic rings. The van der Waals surface area contributed by atoms with E-state index in [1.807, 2.05) is 42.5 Å². The van der Waals surface area contributed by atoms with Gasteiger partial charge in [-0.1, -0.05) is 55.3 Å². The molecule has 0 radical (unpaired) electrons. The van der Waals surface area contributed by atoms with E-state index >= 15 is 0 Å². The summed E-state index contributed by atoms with van der Waals surface area (Å²) in [5.74, 6) is -1.18. The second kappa shape index (κ2) is 34.8. The molecule has 402 valence electrons. The number of benzene rings is 3. The van der Waals surface area contributed by atoms with Crippen molar-refractivity contribution in [2.75, 3.05) is 58.0 Å². The molecule has 0 saturated heterocycles. The van der Waals surface area contributed by atoms with Gasteiger partial charge in [-0.25, -0.2) is 4.99 Å². The summed E-state index contributed by atoms with van der Waals surface area (Å²) in [6.45, 7) is 5.51. The van der Waals surface area contributed by atoms with Gasteiger partial charge in [0, 0.05) is 51.3 Å². The van der Waals surface area contributed by atoms with Crippen LogP contribution < -0.4 is 27.0 Å². The number of carboxylic acids is 1. The van der Waals surface area contributed by atoms with Gasteiger partial charge >= 0.3 is 5.97 Å². The van der Waals surface area contributed by atoms with E-state index in [9.17, 15) is 58.9 Å². The van der Waals surface area contributed by atoms with Gasteiger partial charge in [0.05, 0.1) is 68.0 Å². The van der Waals surface area contributed by atoms with Gasteiger partial charge in [0.15, 0.2) is 5.78 Å². The molecule has 0 bridgehead atoms. The number of amides is 4. The number of anilines is 1. The van der Waals surface area contributed by atoms with Crippen molar-refractivity contribution >= 4 is 74.9 Å². The number of non-ortho nitro benzene ring substituents is 1. The molecular weight excluding hydrogens is 965 g/mol. The molecule has 3 aromatic carbocycles. The molecule has 0 aromatic heterocycles. The van der Waals surface area contributed by atoms with Gasteiger partial charge in [0.2, 0.25) is 23.6 Å². The number of fused-ring (bicyclic) bond motifs is 1. The zero-order valence-corrected chi connectivity index (χ0v) is 41.6. The molecule has 7 N–H and O–H groups in total. The van der Waals surface area contributed by atoms with Gasteiger partial charge in [-0.3, -0.25) is 53.8 Å². The molecule has 0 spiro atoms. The molecule has 3 aromatic rings. The molecule has 23 nitrogen and oxygen atoms in total. The molecule has 0 aliphatic carbocycles. The predicted octanol–water partition coefficient (Wildman–Crippen LogP) is 4.84. The zero-order valence-electron chi connectivity index (χ0n) is 41.6. The summed E-state index contributed by atoms with van der Waals surface area (Å²) in [5.41, 5.74) is 4.97. The fourth-order valence-electron chi connectivity index (χ4n) is 7.54. The quantitative estimate of drug-likeness (QED) is 0.0192. The van der Waals surface area contributed by atoms with Crippen LogP contribution in [0.3, 0.4) is 0 Å². The maximum absolute atomic E-state index is 13.5. The van der Waals surface area contributed by atoms with E-state index in [2.05, 4.69) is 38.7 Å². The van der Waals surface area contributed by atoms with Gasteiger partial charge in [-0.05, 0) is 79.8 Å². The summed E-state index contributed by atoms with van der Waals surface area (Å²) in [7, 11) is 0. The summed E-state index contributed by atoms with van der Waals surface area (Å²) in [5, 5.41) is 44.9. The highest BCUT2D eigenvalue weighted by molar-refractivity contribution is 5.90. The molecule has 0 saturated carbocycles. The summed E-state index contributed by atoms with van der Waals surface area (Å²) in [6, 6.07) is 13.4. The molecule has 23 heteroatoms. The number of nitro groups is 2. The first-order valence-corrected chi connectivity index (χ1v) is 24.6. The number of primary amides is 1. The van der Waals surface area contributed by atoms with Crippen LogP contribution in [0.1, 0.15) is 95.5 Å². The highest BCUT2D eigenvalue weighted by atomic mass is 16.6. The van der Waals surface area contributed by atoms with Crippen LogP contribution in [0.15, 0.2) is 72.2 Å². The highest BCUT2D eigenvalue weighted by Gasteiger charge is 2.26. The standard InChI is InChI=1S/C51H68N8O15/c1-2-53-26-30-74-32-31-73-28-23-40(60)13-4-3-5-15-44(57-48(63)34-36-17-18-37-11-6-7-12-38(37)33-36)51(67)54-25-9-8-14-43(50(52)66)56-47(62)24-29-72-27-10-16-46(61)42(21-22-49(64)65)55-41-20-19-39(58(68)69)35-45(41)59(70)71/h6-7,11-12,17-20,33,35,42-44,55H,1,3-5,8-10,13-16,21-32,34H2,(H2,52,66)(H,54,67)(H,56,62)(H,57,63)(H,64,65). The van der Waals surface area contributed by atoms with E-state index in [4.69, 9.17) is 19.9 Å². The van der Waals surface area contributed by atoms with Crippen molar-refractivity contribution in [3.63, 3.8) is 0 Å². The fourth-order valence-corrected chi connectivity index (χ4v) is 7.54. The molecule has 0 aliphatic heterocycles. The van der Waals surface area contributed by atoms with E-state index in [0.717, 1.165) is 34.5 Å². The third-order valence-electron chi connectivity index (χ3n) is 11.5. The number of ether oxygens (including phenoxy) is 3. The highest BCUT2D eigenvalue weighted by Crippen LogP contribution is 2.30. The second-order valence-corrected chi connectivity index (χ2v) is 17.2. The molecule has 74 heavy (non-hydrogen) atoms. The Hall–Kier alpha value is -7.46. The van der Waals surface area contributed by atoms with Crippen LogP contribution >= 0.6 is 0 Å². The number of ketones is 2.